The zero-order valence-electron chi connectivity index (χ0n) is 20.4. The maximum atomic E-state index is 12.9. The number of hydrogen-bond donors (Lipinski definition) is 3. The van der Waals surface area contributed by atoms with Crippen molar-refractivity contribution in [2.24, 2.45) is 11.8 Å². The second kappa shape index (κ2) is 9.34. The average Bonchev–Trinajstić information content (AvgIpc) is 3.20. The molecule has 194 valence electrons. The van der Waals surface area contributed by atoms with Crippen LogP contribution in [-0.2, 0) is 5.41 Å². The second-order valence-electron chi connectivity index (χ2n) is 10.7. The number of alkyl halides is 3. The number of nitrogens with zero attached hydrogens (tertiary/aromatic N) is 2. The highest BCUT2D eigenvalue weighted by molar-refractivity contribution is 5.99. The van der Waals surface area contributed by atoms with Crippen LogP contribution in [0.2, 0.25) is 0 Å². The van der Waals surface area contributed by atoms with Gasteiger partial charge in [0, 0.05) is 42.9 Å². The predicted molar refractivity (Wildman–Crippen MR) is 131 cm³/mol. The van der Waals surface area contributed by atoms with Crippen LogP contribution in [0.25, 0.3) is 11.1 Å². The van der Waals surface area contributed by atoms with E-state index in [-0.39, 0.29) is 35.8 Å². The molecule has 0 radical (unpaired) electrons. The lowest BCUT2D eigenvalue weighted by atomic mass is 9.91. The zero-order valence-corrected chi connectivity index (χ0v) is 20.4. The molecule has 2 unspecified atom stereocenters. The SMILES string of the molecule is CC1C2CN(CCC(F)(F)F)C[C@@]12c1ccc(-c2cnc(N)c(C(=O)N[C@H]3CC[C@H](O)CC3)c2)cc1. The summed E-state index contributed by atoms with van der Waals surface area (Å²) in [5, 5.41) is 12.7. The Bertz CT molecular complexity index is 1110. The maximum absolute atomic E-state index is 12.9. The molecule has 2 aromatic rings. The summed E-state index contributed by atoms with van der Waals surface area (Å²) in [5.74, 6) is 0.728. The third kappa shape index (κ3) is 4.83. The quantitative estimate of drug-likeness (QED) is 0.553. The van der Waals surface area contributed by atoms with Gasteiger partial charge in [-0.2, -0.15) is 13.2 Å². The number of carbonyl (C=O) groups is 1. The third-order valence-electron chi connectivity index (χ3n) is 8.57. The topological polar surface area (TPSA) is 91.5 Å². The Labute approximate surface area is 209 Å². The van der Waals surface area contributed by atoms with Gasteiger partial charge in [0.1, 0.15) is 5.82 Å². The molecule has 1 aromatic carbocycles. The van der Waals surface area contributed by atoms with Crippen molar-refractivity contribution in [1.29, 1.82) is 0 Å². The van der Waals surface area contributed by atoms with Crippen LogP contribution in [0.3, 0.4) is 0 Å². The van der Waals surface area contributed by atoms with E-state index in [1.54, 1.807) is 12.3 Å². The van der Waals surface area contributed by atoms with E-state index in [0.29, 0.717) is 43.3 Å². The molecule has 0 bridgehead atoms. The van der Waals surface area contributed by atoms with Crippen molar-refractivity contribution in [2.45, 2.75) is 62.8 Å². The van der Waals surface area contributed by atoms with Crippen molar-refractivity contribution in [3.8, 4) is 11.1 Å². The van der Waals surface area contributed by atoms with Gasteiger partial charge in [0.2, 0.25) is 0 Å². The number of halogens is 3. The van der Waals surface area contributed by atoms with Crippen molar-refractivity contribution in [1.82, 2.24) is 15.2 Å². The Morgan fingerprint density at radius 1 is 1.19 bits per heavy atom. The lowest BCUT2D eigenvalue weighted by molar-refractivity contribution is -0.137. The largest absolute Gasteiger partial charge is 0.393 e. The van der Waals surface area contributed by atoms with Crippen LogP contribution >= 0.6 is 0 Å². The number of rotatable bonds is 6. The van der Waals surface area contributed by atoms with Gasteiger partial charge in [-0.05, 0) is 54.7 Å². The van der Waals surface area contributed by atoms with E-state index in [2.05, 4.69) is 29.4 Å². The lowest BCUT2D eigenvalue weighted by Gasteiger charge is -2.26. The van der Waals surface area contributed by atoms with Gasteiger partial charge in [-0.3, -0.25) is 4.79 Å². The monoisotopic (exact) mass is 502 g/mol. The summed E-state index contributed by atoms with van der Waals surface area (Å²) in [6.45, 7) is 3.59. The minimum Gasteiger partial charge on any atom is -0.393 e. The van der Waals surface area contributed by atoms with Crippen LogP contribution in [0, 0.1) is 11.8 Å². The number of aromatic nitrogens is 1. The van der Waals surface area contributed by atoms with Gasteiger partial charge in [0.25, 0.3) is 5.91 Å². The molecule has 9 heteroatoms. The third-order valence-corrected chi connectivity index (χ3v) is 8.57. The number of piperidine rings is 1. The number of pyridine rings is 1. The predicted octanol–water partition coefficient (Wildman–Crippen LogP) is 4.14. The summed E-state index contributed by atoms with van der Waals surface area (Å²) in [6, 6.07) is 9.85. The van der Waals surface area contributed by atoms with Crippen molar-refractivity contribution in [3.63, 3.8) is 0 Å². The normalized spacial score (nSPS) is 30.1. The second-order valence-corrected chi connectivity index (χ2v) is 10.7. The zero-order chi connectivity index (χ0) is 25.7. The Morgan fingerprint density at radius 2 is 1.89 bits per heavy atom. The number of nitrogen functional groups attached to an aromatic ring is 1. The van der Waals surface area contributed by atoms with Crippen LogP contribution in [0.4, 0.5) is 19.0 Å². The first-order valence-corrected chi connectivity index (χ1v) is 12.7. The van der Waals surface area contributed by atoms with Crippen molar-refractivity contribution in [2.75, 3.05) is 25.4 Å². The van der Waals surface area contributed by atoms with Crippen molar-refractivity contribution < 1.29 is 23.1 Å². The number of nitrogens with two attached hydrogens (primary N) is 1. The number of aliphatic hydroxyl groups excluding tert-OH is 1. The summed E-state index contributed by atoms with van der Waals surface area (Å²) >= 11 is 0. The number of amides is 1. The van der Waals surface area contributed by atoms with Gasteiger partial charge in [0.05, 0.1) is 18.1 Å². The molecule has 2 aliphatic carbocycles. The Balaban J connectivity index is 1.28. The highest BCUT2D eigenvalue weighted by Gasteiger charge is 2.67. The average molecular weight is 503 g/mol. The van der Waals surface area contributed by atoms with Crippen LogP contribution in [-0.4, -0.2) is 58.9 Å². The van der Waals surface area contributed by atoms with E-state index < -0.39 is 12.6 Å². The first-order chi connectivity index (χ1) is 17.1. The van der Waals surface area contributed by atoms with E-state index in [0.717, 1.165) is 29.5 Å². The number of nitrogens with one attached hydrogen (secondary N) is 1. The molecule has 5 rings (SSSR count). The molecule has 6 nitrogen and oxygen atoms in total. The number of carbonyl (C=O) groups excluding carboxylic acids is 1. The van der Waals surface area contributed by atoms with Gasteiger partial charge in [0.15, 0.2) is 0 Å². The Hall–Kier alpha value is -2.65. The molecule has 1 aliphatic heterocycles. The molecule has 0 spiro atoms. The molecule has 4 N–H and O–H groups in total. The van der Waals surface area contributed by atoms with Gasteiger partial charge >= 0.3 is 6.18 Å². The lowest BCUT2D eigenvalue weighted by Crippen LogP contribution is -2.38. The number of likely N-dealkylation sites (tertiary alicyclic amines) is 1. The molecule has 1 amide bonds. The van der Waals surface area contributed by atoms with Gasteiger partial charge in [-0.1, -0.05) is 31.2 Å². The summed E-state index contributed by atoms with van der Waals surface area (Å²) in [7, 11) is 0. The Kier molecular flexibility index (Phi) is 6.49. The number of hydrogen-bond acceptors (Lipinski definition) is 5. The molecular formula is C27H33F3N4O2. The highest BCUT2D eigenvalue weighted by atomic mass is 19.4. The molecule has 2 heterocycles. The van der Waals surface area contributed by atoms with Crippen LogP contribution in [0.5, 0.6) is 0 Å². The minimum absolute atomic E-state index is 0.0121. The standard InChI is InChI=1S/C27H33F3N4O2/c1-16-23-14-34(11-10-27(28,29)30)15-26(16,23)19-4-2-17(3-5-19)18-12-22(24(31)32-13-18)25(36)33-20-6-8-21(35)9-7-20/h2-5,12-13,16,20-21,23,35H,6-11,14-15H2,1H3,(H2,31,32)(H,33,36)/t16?,20-,21-,23?,26-/m0/s1. The van der Waals surface area contributed by atoms with Crippen molar-refractivity contribution in [3.05, 3.63) is 47.7 Å². The van der Waals surface area contributed by atoms with Crippen LogP contribution in [0.1, 0.15) is 54.9 Å². The van der Waals surface area contributed by atoms with E-state index in [4.69, 9.17) is 5.73 Å². The number of anilines is 1. The van der Waals surface area contributed by atoms with Crippen LogP contribution in [0.15, 0.2) is 36.5 Å². The number of aliphatic hydroxyl groups is 1. The summed E-state index contributed by atoms with van der Waals surface area (Å²) in [4.78, 5) is 19.1. The summed E-state index contributed by atoms with van der Waals surface area (Å²) < 4.78 is 38.0. The summed E-state index contributed by atoms with van der Waals surface area (Å²) in [5.41, 5.74) is 9.09. The highest BCUT2D eigenvalue weighted by Crippen LogP contribution is 2.64. The Morgan fingerprint density at radius 3 is 2.56 bits per heavy atom. The fourth-order valence-corrected chi connectivity index (χ4v) is 6.32. The molecule has 3 aliphatic rings. The molecule has 3 fully saturated rings. The number of benzene rings is 1. The summed E-state index contributed by atoms with van der Waals surface area (Å²) in [6.07, 6.45) is -0.740. The fourth-order valence-electron chi connectivity index (χ4n) is 6.32. The molecule has 2 saturated carbocycles. The number of fused-ring (bicyclic) bond motifs is 1. The van der Waals surface area contributed by atoms with Gasteiger partial charge < -0.3 is 21.1 Å². The van der Waals surface area contributed by atoms with Gasteiger partial charge in [-0.25, -0.2) is 4.98 Å². The van der Waals surface area contributed by atoms with E-state index in [1.807, 2.05) is 17.0 Å². The van der Waals surface area contributed by atoms with E-state index in [9.17, 15) is 23.1 Å². The molecule has 36 heavy (non-hydrogen) atoms. The van der Waals surface area contributed by atoms with Gasteiger partial charge in [-0.15, -0.1) is 0 Å². The molecule has 3 atom stereocenters. The smallest absolute Gasteiger partial charge is 0.390 e. The van der Waals surface area contributed by atoms with Crippen LogP contribution < -0.4 is 11.1 Å². The fraction of sp³-hybridized carbons (Fsp3) is 0.556. The first-order valence-electron chi connectivity index (χ1n) is 12.7. The molecular weight excluding hydrogens is 469 g/mol. The molecule has 1 aromatic heterocycles. The molecule has 1 saturated heterocycles. The first kappa shape index (κ1) is 25.0. The van der Waals surface area contributed by atoms with Crippen molar-refractivity contribution >= 4 is 11.7 Å². The van der Waals surface area contributed by atoms with E-state index in [1.165, 1.54) is 0 Å². The minimum atomic E-state index is -4.13. The van der Waals surface area contributed by atoms with E-state index >= 15 is 0 Å². The maximum Gasteiger partial charge on any atom is 0.390 e.